The number of amides is 1. The van der Waals surface area contributed by atoms with E-state index in [0.717, 1.165) is 44.6 Å². The Morgan fingerprint density at radius 2 is 1.82 bits per heavy atom. The highest BCUT2D eigenvalue weighted by Crippen LogP contribution is 2.33. The van der Waals surface area contributed by atoms with Gasteiger partial charge in [-0.25, -0.2) is 15.0 Å². The summed E-state index contributed by atoms with van der Waals surface area (Å²) in [5.74, 6) is 1.90. The van der Waals surface area contributed by atoms with Crippen LogP contribution in [-0.4, -0.2) is 72.3 Å². The van der Waals surface area contributed by atoms with E-state index in [9.17, 15) is 9.59 Å². The number of hydrogen-bond acceptors (Lipinski definition) is 11. The predicted molar refractivity (Wildman–Crippen MR) is 143 cm³/mol. The molecule has 0 unspecified atom stereocenters. The molecule has 1 saturated heterocycles. The molecule has 1 aromatic carbocycles. The Labute approximate surface area is 221 Å². The van der Waals surface area contributed by atoms with E-state index in [4.69, 9.17) is 9.47 Å². The fourth-order valence-electron chi connectivity index (χ4n) is 4.16. The highest BCUT2D eigenvalue weighted by molar-refractivity contribution is 5.99. The molecule has 1 fully saturated rings. The molecule has 202 valence electrons. The minimum Gasteiger partial charge on any atom is -0.494 e. The van der Waals surface area contributed by atoms with Gasteiger partial charge in [0.25, 0.3) is 0 Å². The van der Waals surface area contributed by atoms with E-state index in [1.807, 2.05) is 6.07 Å². The molecule has 4 rings (SSSR count). The molecule has 12 heteroatoms. The number of aromatic nitrogens is 4. The number of esters is 1. The molecular formula is C26H33N7O5. The van der Waals surface area contributed by atoms with Crippen LogP contribution in [-0.2, 0) is 19.1 Å². The molecule has 2 N–H and O–H groups in total. The van der Waals surface area contributed by atoms with Crippen LogP contribution in [0.1, 0.15) is 38.5 Å². The molecule has 2 aromatic heterocycles. The van der Waals surface area contributed by atoms with Gasteiger partial charge in [-0.3, -0.25) is 9.59 Å². The number of morpholine rings is 1. The van der Waals surface area contributed by atoms with Gasteiger partial charge in [0.1, 0.15) is 23.7 Å². The summed E-state index contributed by atoms with van der Waals surface area (Å²) in [4.78, 5) is 43.7. The maximum atomic E-state index is 12.6. The number of benzene rings is 1. The maximum Gasteiger partial charge on any atom is 0.305 e. The van der Waals surface area contributed by atoms with Crippen molar-refractivity contribution in [1.82, 2.24) is 19.9 Å². The Kier molecular flexibility index (Phi) is 9.57. The molecule has 0 bridgehead atoms. The van der Waals surface area contributed by atoms with Crippen molar-refractivity contribution >= 4 is 46.1 Å². The van der Waals surface area contributed by atoms with Gasteiger partial charge in [0.15, 0.2) is 0 Å². The van der Waals surface area contributed by atoms with Crippen molar-refractivity contribution in [3.05, 3.63) is 30.7 Å². The van der Waals surface area contributed by atoms with Crippen molar-refractivity contribution in [2.75, 3.05) is 56.1 Å². The van der Waals surface area contributed by atoms with Gasteiger partial charge >= 0.3 is 5.97 Å². The van der Waals surface area contributed by atoms with Gasteiger partial charge in [-0.05, 0) is 25.0 Å². The second-order valence-corrected chi connectivity index (χ2v) is 8.79. The summed E-state index contributed by atoms with van der Waals surface area (Å²) in [6.45, 7) is 2.86. The normalized spacial score (nSPS) is 13.3. The zero-order valence-electron chi connectivity index (χ0n) is 21.7. The van der Waals surface area contributed by atoms with E-state index in [2.05, 4.69) is 40.2 Å². The van der Waals surface area contributed by atoms with Gasteiger partial charge in [-0.2, -0.15) is 4.98 Å². The molecule has 0 saturated carbocycles. The number of nitrogens with zero attached hydrogens (tertiary/aromatic N) is 5. The predicted octanol–water partition coefficient (Wildman–Crippen LogP) is 3.46. The lowest BCUT2D eigenvalue weighted by atomic mass is 10.1. The van der Waals surface area contributed by atoms with Gasteiger partial charge < -0.3 is 29.7 Å². The van der Waals surface area contributed by atoms with Crippen LogP contribution >= 0.6 is 0 Å². The number of nitrogens with one attached hydrogen (secondary N) is 2. The van der Waals surface area contributed by atoms with Crippen LogP contribution in [0.2, 0.25) is 0 Å². The maximum absolute atomic E-state index is 12.6. The van der Waals surface area contributed by atoms with Crippen LogP contribution in [0.25, 0.3) is 10.9 Å². The van der Waals surface area contributed by atoms with E-state index in [-0.39, 0.29) is 11.9 Å². The minimum atomic E-state index is -0.208. The number of ether oxygens (including phenoxy) is 3. The molecule has 3 aromatic rings. The highest BCUT2D eigenvalue weighted by Gasteiger charge is 2.16. The Hall–Kier alpha value is -4.06. The fourth-order valence-corrected chi connectivity index (χ4v) is 4.16. The van der Waals surface area contributed by atoms with Gasteiger partial charge in [0.05, 0.1) is 38.6 Å². The summed E-state index contributed by atoms with van der Waals surface area (Å²) in [6.07, 6.45) is 7.10. The fraction of sp³-hybridized carbons (Fsp3) is 0.462. The van der Waals surface area contributed by atoms with Crippen molar-refractivity contribution in [2.45, 2.75) is 38.5 Å². The second kappa shape index (κ2) is 13.5. The zero-order valence-corrected chi connectivity index (χ0v) is 21.7. The lowest BCUT2D eigenvalue weighted by molar-refractivity contribution is -0.140. The summed E-state index contributed by atoms with van der Waals surface area (Å²) in [7, 11) is 2.93. The molecule has 12 nitrogen and oxygen atoms in total. The summed E-state index contributed by atoms with van der Waals surface area (Å²) in [5.41, 5.74) is 1.17. The molecule has 0 radical (unpaired) electrons. The number of carbonyl (C=O) groups excluding carboxylic acids is 2. The quantitative estimate of drug-likeness (QED) is 0.266. The molecule has 0 atom stereocenters. The SMILES string of the molecule is COC(=O)CCCCCCC(=O)Nc1cc2c(Nc3nccc(N4CCOCC4)n3)ncnc2cc1OC. The monoisotopic (exact) mass is 523 g/mol. The first kappa shape index (κ1) is 27.0. The number of anilines is 4. The molecule has 0 aliphatic carbocycles. The first-order chi connectivity index (χ1) is 18.6. The van der Waals surface area contributed by atoms with Crippen LogP contribution in [0, 0.1) is 0 Å². The standard InChI is InChI=1S/C26H33N7O5/c1-36-21-16-19-18(15-20(21)30-23(34)7-5-3-4-6-8-24(35)37-2)25(29-17-28-19)32-26-27-10-9-22(31-26)33-11-13-38-14-12-33/h9-10,15-17H,3-8,11-14H2,1-2H3,(H,30,34)(H,27,28,29,31,32). The third-order valence-electron chi connectivity index (χ3n) is 6.20. The number of carbonyl (C=O) groups is 2. The second-order valence-electron chi connectivity index (χ2n) is 8.79. The van der Waals surface area contributed by atoms with Crippen LogP contribution in [0.15, 0.2) is 30.7 Å². The Morgan fingerprint density at radius 1 is 1.03 bits per heavy atom. The van der Waals surface area contributed by atoms with E-state index in [1.165, 1.54) is 13.4 Å². The largest absolute Gasteiger partial charge is 0.494 e. The molecule has 1 aliphatic heterocycles. The number of fused-ring (bicyclic) bond motifs is 1. The number of unbranched alkanes of at least 4 members (excludes halogenated alkanes) is 3. The average molecular weight is 524 g/mol. The molecule has 38 heavy (non-hydrogen) atoms. The van der Waals surface area contributed by atoms with Crippen LogP contribution in [0.3, 0.4) is 0 Å². The first-order valence-electron chi connectivity index (χ1n) is 12.7. The average Bonchev–Trinajstić information content (AvgIpc) is 2.95. The number of rotatable bonds is 12. The zero-order chi connectivity index (χ0) is 26.7. The van der Waals surface area contributed by atoms with Gasteiger partial charge in [-0.1, -0.05) is 12.8 Å². The third-order valence-corrected chi connectivity index (χ3v) is 6.20. The molecule has 3 heterocycles. The van der Waals surface area contributed by atoms with Gasteiger partial charge in [0, 0.05) is 43.6 Å². The topological polar surface area (TPSA) is 141 Å². The van der Waals surface area contributed by atoms with E-state index in [0.29, 0.717) is 60.2 Å². The summed E-state index contributed by atoms with van der Waals surface area (Å²) in [6, 6.07) is 5.42. The Morgan fingerprint density at radius 3 is 2.58 bits per heavy atom. The summed E-state index contributed by atoms with van der Waals surface area (Å²) >= 11 is 0. The van der Waals surface area contributed by atoms with Crippen LogP contribution in [0.5, 0.6) is 5.75 Å². The van der Waals surface area contributed by atoms with E-state index < -0.39 is 0 Å². The lowest BCUT2D eigenvalue weighted by Gasteiger charge is -2.27. The van der Waals surface area contributed by atoms with Gasteiger partial charge in [-0.15, -0.1) is 0 Å². The minimum absolute atomic E-state index is 0.122. The van der Waals surface area contributed by atoms with Crippen LogP contribution < -0.4 is 20.3 Å². The Bertz CT molecular complexity index is 1250. The third kappa shape index (κ3) is 7.25. The van der Waals surface area contributed by atoms with Crippen molar-refractivity contribution in [3.63, 3.8) is 0 Å². The number of methoxy groups -OCH3 is 2. The summed E-state index contributed by atoms with van der Waals surface area (Å²) < 4.78 is 15.6. The molecule has 0 spiro atoms. The lowest BCUT2D eigenvalue weighted by Crippen LogP contribution is -2.36. The van der Waals surface area contributed by atoms with Crippen molar-refractivity contribution in [3.8, 4) is 5.75 Å². The van der Waals surface area contributed by atoms with Crippen LogP contribution in [0.4, 0.5) is 23.3 Å². The smallest absolute Gasteiger partial charge is 0.305 e. The van der Waals surface area contributed by atoms with Crippen molar-refractivity contribution in [2.24, 2.45) is 0 Å². The van der Waals surface area contributed by atoms with Gasteiger partial charge in [0.2, 0.25) is 11.9 Å². The first-order valence-corrected chi connectivity index (χ1v) is 12.7. The van der Waals surface area contributed by atoms with Crippen molar-refractivity contribution < 1.29 is 23.8 Å². The van der Waals surface area contributed by atoms with E-state index in [1.54, 1.807) is 25.4 Å². The summed E-state index contributed by atoms with van der Waals surface area (Å²) in [5, 5.41) is 6.82. The van der Waals surface area contributed by atoms with Crippen molar-refractivity contribution in [1.29, 1.82) is 0 Å². The Balaban J connectivity index is 1.44. The molecule has 1 amide bonds. The molecular weight excluding hydrogens is 490 g/mol. The van der Waals surface area contributed by atoms with E-state index >= 15 is 0 Å². The molecule has 1 aliphatic rings. The number of hydrogen-bond donors (Lipinski definition) is 2. The highest BCUT2D eigenvalue weighted by atomic mass is 16.5.